The Balaban J connectivity index is 0.000000461. The molecule has 3 aromatic rings. The lowest BCUT2D eigenvalue weighted by Crippen LogP contribution is -1.89. The van der Waals surface area contributed by atoms with Gasteiger partial charge in [0.1, 0.15) is 0 Å². The minimum atomic E-state index is -4.67. The summed E-state index contributed by atoms with van der Waals surface area (Å²) < 4.78 is 31.6. The van der Waals surface area contributed by atoms with Gasteiger partial charge in [0.15, 0.2) is 0 Å². The van der Waals surface area contributed by atoms with Crippen LogP contribution in [0.25, 0.3) is 21.8 Å². The van der Waals surface area contributed by atoms with Crippen molar-refractivity contribution in [2.45, 2.75) is 0 Å². The number of fused-ring (bicyclic) bond motifs is 3. The third-order valence-corrected chi connectivity index (χ3v) is 2.34. The van der Waals surface area contributed by atoms with Gasteiger partial charge >= 0.3 is 10.4 Å². The zero-order chi connectivity index (χ0) is 17.9. The average Bonchev–Trinajstić information content (AvgIpc) is 2.57. The normalized spacial score (nSPS) is 9.48. The van der Waals surface area contributed by atoms with Crippen molar-refractivity contribution in [2.24, 2.45) is 0 Å². The third kappa shape index (κ3) is 7.28. The standard InChI is InChI=1S/C12H8N2.2C2H4.H2O4S/c1-3-9-5-6-10-4-2-8-14-12(10)11(9)13-7-1;2*1-2;1-5(2,3)4/h1-8H;2*1-2H2;(H2,1,2,3,4). The molecule has 6 nitrogen and oxygen atoms in total. The van der Waals surface area contributed by atoms with E-state index in [1.165, 1.54) is 0 Å². The summed E-state index contributed by atoms with van der Waals surface area (Å²) in [4.78, 5) is 8.69. The van der Waals surface area contributed by atoms with Crippen LogP contribution in [0.2, 0.25) is 0 Å². The molecule has 0 unspecified atom stereocenters. The van der Waals surface area contributed by atoms with E-state index in [-0.39, 0.29) is 0 Å². The monoisotopic (exact) mass is 334 g/mol. The fourth-order valence-electron chi connectivity index (χ4n) is 1.68. The van der Waals surface area contributed by atoms with Crippen molar-refractivity contribution >= 4 is 32.2 Å². The van der Waals surface area contributed by atoms with Crippen LogP contribution in [-0.4, -0.2) is 27.5 Å². The molecule has 0 bridgehead atoms. The largest absolute Gasteiger partial charge is 0.394 e. The summed E-state index contributed by atoms with van der Waals surface area (Å²) in [5, 5.41) is 2.28. The van der Waals surface area contributed by atoms with E-state index in [4.69, 9.17) is 17.5 Å². The minimum Gasteiger partial charge on any atom is -0.264 e. The second-order valence-corrected chi connectivity index (χ2v) is 4.56. The molecular weight excluding hydrogens is 316 g/mol. The van der Waals surface area contributed by atoms with Crippen molar-refractivity contribution in [3.05, 3.63) is 75.1 Å². The zero-order valence-electron chi connectivity index (χ0n) is 12.5. The van der Waals surface area contributed by atoms with Gasteiger partial charge in [0.2, 0.25) is 0 Å². The Labute approximate surface area is 135 Å². The van der Waals surface area contributed by atoms with E-state index in [0.29, 0.717) is 0 Å². The smallest absolute Gasteiger partial charge is 0.264 e. The first kappa shape index (κ1) is 20.4. The number of rotatable bonds is 0. The maximum atomic E-state index is 8.74. The molecule has 3 rings (SSSR count). The molecule has 1 aromatic carbocycles. The lowest BCUT2D eigenvalue weighted by molar-refractivity contribution is 0.381. The molecule has 122 valence electrons. The molecule has 0 atom stereocenters. The minimum absolute atomic E-state index is 0.977. The van der Waals surface area contributed by atoms with Crippen LogP contribution in [0, 0.1) is 0 Å². The van der Waals surface area contributed by atoms with Crippen molar-refractivity contribution in [2.75, 3.05) is 0 Å². The van der Waals surface area contributed by atoms with Crippen molar-refractivity contribution in [1.29, 1.82) is 0 Å². The Bertz CT molecular complexity index is 786. The number of aromatic nitrogens is 2. The Morgan fingerprint density at radius 1 is 0.739 bits per heavy atom. The van der Waals surface area contributed by atoms with E-state index in [1.54, 1.807) is 12.4 Å². The number of hydrogen-bond acceptors (Lipinski definition) is 4. The zero-order valence-corrected chi connectivity index (χ0v) is 13.3. The lowest BCUT2D eigenvalue weighted by atomic mass is 10.1. The highest BCUT2D eigenvalue weighted by Gasteiger charge is 2.00. The van der Waals surface area contributed by atoms with E-state index >= 15 is 0 Å². The SMILES string of the molecule is C=C.C=C.O=S(=O)(O)O.c1cnc2c(c1)ccc1cccnc12. The quantitative estimate of drug-likeness (QED) is 0.369. The number of benzene rings is 1. The number of nitrogens with zero attached hydrogens (tertiary/aromatic N) is 2. The van der Waals surface area contributed by atoms with E-state index < -0.39 is 10.4 Å². The summed E-state index contributed by atoms with van der Waals surface area (Å²) in [6.07, 6.45) is 3.60. The van der Waals surface area contributed by atoms with Crippen molar-refractivity contribution in [3.8, 4) is 0 Å². The lowest BCUT2D eigenvalue weighted by Gasteiger charge is -2.00. The number of hydrogen-bond donors (Lipinski definition) is 2. The van der Waals surface area contributed by atoms with Gasteiger partial charge in [-0.2, -0.15) is 8.42 Å². The van der Waals surface area contributed by atoms with Gasteiger partial charge in [-0.25, -0.2) is 0 Å². The van der Waals surface area contributed by atoms with Crippen LogP contribution in [-0.2, 0) is 10.4 Å². The Hall–Kier alpha value is -2.61. The van der Waals surface area contributed by atoms with E-state index in [1.807, 2.05) is 12.1 Å². The van der Waals surface area contributed by atoms with Gasteiger partial charge in [0, 0.05) is 23.2 Å². The predicted molar refractivity (Wildman–Crippen MR) is 93.7 cm³/mol. The van der Waals surface area contributed by atoms with E-state index in [0.717, 1.165) is 21.8 Å². The maximum Gasteiger partial charge on any atom is 0.394 e. The molecule has 0 aliphatic heterocycles. The third-order valence-electron chi connectivity index (χ3n) is 2.34. The molecular formula is C16H18N2O4S. The summed E-state index contributed by atoms with van der Waals surface area (Å²) in [5.74, 6) is 0. The fraction of sp³-hybridized carbons (Fsp3) is 0. The van der Waals surface area contributed by atoms with Crippen molar-refractivity contribution in [1.82, 2.24) is 9.97 Å². The highest BCUT2D eigenvalue weighted by atomic mass is 32.3. The van der Waals surface area contributed by atoms with Gasteiger partial charge < -0.3 is 0 Å². The molecule has 2 heterocycles. The Morgan fingerprint density at radius 2 is 1.04 bits per heavy atom. The first-order chi connectivity index (χ1) is 10.9. The summed E-state index contributed by atoms with van der Waals surface area (Å²) in [6, 6.07) is 12.1. The molecule has 0 fully saturated rings. The Morgan fingerprint density at radius 3 is 1.35 bits per heavy atom. The molecule has 23 heavy (non-hydrogen) atoms. The summed E-state index contributed by atoms with van der Waals surface area (Å²) in [5.41, 5.74) is 1.95. The molecule has 0 radical (unpaired) electrons. The van der Waals surface area contributed by atoms with Gasteiger partial charge in [-0.05, 0) is 12.1 Å². The average molecular weight is 334 g/mol. The van der Waals surface area contributed by atoms with Crippen LogP contribution in [0.4, 0.5) is 0 Å². The van der Waals surface area contributed by atoms with Crippen LogP contribution in [0.5, 0.6) is 0 Å². The van der Waals surface area contributed by atoms with Crippen molar-refractivity contribution < 1.29 is 17.5 Å². The molecule has 7 heteroatoms. The first-order valence-electron chi connectivity index (χ1n) is 6.23. The maximum absolute atomic E-state index is 8.74. The van der Waals surface area contributed by atoms with E-state index in [2.05, 4.69) is 60.5 Å². The highest BCUT2D eigenvalue weighted by Crippen LogP contribution is 2.20. The number of pyridine rings is 2. The summed E-state index contributed by atoms with van der Waals surface area (Å²) in [6.45, 7) is 12.0. The molecule has 0 saturated carbocycles. The highest BCUT2D eigenvalue weighted by molar-refractivity contribution is 7.79. The topological polar surface area (TPSA) is 100 Å². The second kappa shape index (κ2) is 10.2. The molecule has 0 spiro atoms. The van der Waals surface area contributed by atoms with Gasteiger partial charge in [-0.1, -0.05) is 24.3 Å². The van der Waals surface area contributed by atoms with Gasteiger partial charge in [-0.15, -0.1) is 26.3 Å². The predicted octanol–water partition coefficient (Wildman–Crippen LogP) is 3.73. The molecule has 0 amide bonds. The molecule has 0 saturated heterocycles. The molecule has 0 aliphatic rings. The van der Waals surface area contributed by atoms with Gasteiger partial charge in [-0.3, -0.25) is 19.1 Å². The van der Waals surface area contributed by atoms with Crippen LogP contribution in [0.1, 0.15) is 0 Å². The second-order valence-electron chi connectivity index (χ2n) is 3.66. The molecule has 2 aromatic heterocycles. The van der Waals surface area contributed by atoms with Crippen LogP contribution in [0.15, 0.2) is 75.1 Å². The van der Waals surface area contributed by atoms with Crippen molar-refractivity contribution in [3.63, 3.8) is 0 Å². The van der Waals surface area contributed by atoms with Crippen LogP contribution < -0.4 is 0 Å². The summed E-state index contributed by atoms with van der Waals surface area (Å²) in [7, 11) is -4.67. The first-order valence-corrected chi connectivity index (χ1v) is 7.63. The van der Waals surface area contributed by atoms with Gasteiger partial charge in [0.05, 0.1) is 11.0 Å². The van der Waals surface area contributed by atoms with Crippen LogP contribution >= 0.6 is 0 Å². The van der Waals surface area contributed by atoms with E-state index in [9.17, 15) is 0 Å². The fourth-order valence-corrected chi connectivity index (χ4v) is 1.68. The van der Waals surface area contributed by atoms with Gasteiger partial charge in [0.25, 0.3) is 0 Å². The molecule has 2 N–H and O–H groups in total. The summed E-state index contributed by atoms with van der Waals surface area (Å²) >= 11 is 0. The Kier molecular flexibility index (Phi) is 9.02. The molecule has 0 aliphatic carbocycles. The van der Waals surface area contributed by atoms with Crippen LogP contribution in [0.3, 0.4) is 0 Å².